The summed E-state index contributed by atoms with van der Waals surface area (Å²) in [4.78, 5) is 0. The molecule has 0 aliphatic carbocycles. The molecule has 0 amide bonds. The van der Waals surface area contributed by atoms with E-state index in [9.17, 15) is 4.39 Å². The van der Waals surface area contributed by atoms with Crippen LogP contribution in [-0.4, -0.2) is 0 Å². The SMILES string of the molecule is Cc1ccc(Nc2ccc(F)cc2N)c(C)c1. The minimum absolute atomic E-state index is 0.325. The molecule has 0 aromatic heterocycles. The quantitative estimate of drug-likeness (QED) is 0.771. The molecule has 0 radical (unpaired) electrons. The molecule has 0 aliphatic heterocycles. The molecule has 17 heavy (non-hydrogen) atoms. The zero-order chi connectivity index (χ0) is 12.4. The van der Waals surface area contributed by atoms with Gasteiger partial charge in [0.1, 0.15) is 5.82 Å². The van der Waals surface area contributed by atoms with Crippen LogP contribution in [0.2, 0.25) is 0 Å². The topological polar surface area (TPSA) is 38.0 Å². The highest BCUT2D eigenvalue weighted by molar-refractivity contribution is 5.73. The van der Waals surface area contributed by atoms with Crippen LogP contribution in [0.15, 0.2) is 36.4 Å². The third-order valence-corrected chi connectivity index (χ3v) is 2.66. The Bertz CT molecular complexity index is 500. The molecule has 0 fully saturated rings. The summed E-state index contributed by atoms with van der Waals surface area (Å²) in [7, 11) is 0. The van der Waals surface area contributed by atoms with E-state index in [1.165, 1.54) is 17.7 Å². The lowest BCUT2D eigenvalue weighted by atomic mass is 10.1. The fraction of sp³-hybridized carbons (Fsp3) is 0.143. The summed E-state index contributed by atoms with van der Waals surface area (Å²) in [5.74, 6) is -0.325. The molecule has 0 atom stereocenters. The lowest BCUT2D eigenvalue weighted by Gasteiger charge is -2.12. The smallest absolute Gasteiger partial charge is 0.125 e. The van der Waals surface area contributed by atoms with Crippen LogP contribution < -0.4 is 11.1 Å². The van der Waals surface area contributed by atoms with Crippen LogP contribution >= 0.6 is 0 Å². The maximum atomic E-state index is 12.9. The number of hydrogen-bond acceptors (Lipinski definition) is 2. The predicted molar refractivity (Wildman–Crippen MR) is 70.0 cm³/mol. The number of nitrogen functional groups attached to an aromatic ring is 1. The highest BCUT2D eigenvalue weighted by Crippen LogP contribution is 2.26. The molecule has 0 saturated heterocycles. The van der Waals surface area contributed by atoms with Gasteiger partial charge < -0.3 is 11.1 Å². The number of aryl methyl sites for hydroxylation is 2. The maximum Gasteiger partial charge on any atom is 0.125 e. The van der Waals surface area contributed by atoms with Crippen LogP contribution in [0.5, 0.6) is 0 Å². The molecule has 0 saturated carbocycles. The Morgan fingerprint density at radius 2 is 1.71 bits per heavy atom. The van der Waals surface area contributed by atoms with Crippen molar-refractivity contribution >= 4 is 17.1 Å². The van der Waals surface area contributed by atoms with Gasteiger partial charge >= 0.3 is 0 Å². The Morgan fingerprint density at radius 1 is 1.00 bits per heavy atom. The summed E-state index contributed by atoms with van der Waals surface area (Å²) in [5, 5.41) is 3.20. The molecule has 2 aromatic rings. The normalized spacial score (nSPS) is 10.3. The van der Waals surface area contributed by atoms with Crippen molar-refractivity contribution < 1.29 is 4.39 Å². The first-order valence-electron chi connectivity index (χ1n) is 5.45. The lowest BCUT2D eigenvalue weighted by molar-refractivity contribution is 0.628. The lowest BCUT2D eigenvalue weighted by Crippen LogP contribution is -1.98. The number of benzene rings is 2. The van der Waals surface area contributed by atoms with Gasteiger partial charge in [-0.05, 0) is 43.7 Å². The highest BCUT2D eigenvalue weighted by Gasteiger charge is 2.03. The van der Waals surface area contributed by atoms with Gasteiger partial charge in [-0.25, -0.2) is 4.39 Å². The van der Waals surface area contributed by atoms with E-state index in [1.54, 1.807) is 6.07 Å². The largest absolute Gasteiger partial charge is 0.397 e. The molecule has 0 heterocycles. The number of halogens is 1. The summed E-state index contributed by atoms with van der Waals surface area (Å²) in [5.41, 5.74) is 10.2. The van der Waals surface area contributed by atoms with E-state index in [2.05, 4.69) is 11.4 Å². The minimum atomic E-state index is -0.325. The molecule has 2 rings (SSSR count). The van der Waals surface area contributed by atoms with Crippen molar-refractivity contribution in [2.24, 2.45) is 0 Å². The third-order valence-electron chi connectivity index (χ3n) is 2.66. The first-order valence-corrected chi connectivity index (χ1v) is 5.45. The van der Waals surface area contributed by atoms with Gasteiger partial charge in [-0.1, -0.05) is 17.7 Å². The second-order valence-corrected chi connectivity index (χ2v) is 4.17. The maximum absolute atomic E-state index is 12.9. The van der Waals surface area contributed by atoms with Crippen LogP contribution in [0.3, 0.4) is 0 Å². The van der Waals surface area contributed by atoms with Crippen molar-refractivity contribution in [2.45, 2.75) is 13.8 Å². The van der Waals surface area contributed by atoms with E-state index in [0.717, 1.165) is 16.9 Å². The highest BCUT2D eigenvalue weighted by atomic mass is 19.1. The number of nitrogens with one attached hydrogen (secondary N) is 1. The summed E-state index contributed by atoms with van der Waals surface area (Å²) in [6.45, 7) is 4.07. The Balaban J connectivity index is 2.31. The summed E-state index contributed by atoms with van der Waals surface area (Å²) in [6.07, 6.45) is 0. The molecule has 0 spiro atoms. The number of nitrogens with two attached hydrogens (primary N) is 1. The Labute approximate surface area is 100 Å². The monoisotopic (exact) mass is 230 g/mol. The molecule has 3 N–H and O–H groups in total. The first kappa shape index (κ1) is 11.5. The number of hydrogen-bond donors (Lipinski definition) is 2. The van der Waals surface area contributed by atoms with Gasteiger partial charge in [-0.3, -0.25) is 0 Å². The first-order chi connectivity index (χ1) is 8.06. The Hall–Kier alpha value is -2.03. The standard InChI is InChI=1S/C14H15FN2/c1-9-3-5-13(10(2)7-9)17-14-6-4-11(15)8-12(14)16/h3-8,17H,16H2,1-2H3. The van der Waals surface area contributed by atoms with Crippen LogP contribution in [0.4, 0.5) is 21.5 Å². The Morgan fingerprint density at radius 3 is 2.35 bits per heavy atom. The zero-order valence-electron chi connectivity index (χ0n) is 9.92. The summed E-state index contributed by atoms with van der Waals surface area (Å²) < 4.78 is 12.9. The second kappa shape index (κ2) is 4.45. The second-order valence-electron chi connectivity index (χ2n) is 4.17. The molecular formula is C14H15FN2. The molecule has 88 valence electrons. The number of anilines is 3. The van der Waals surface area contributed by atoms with Crippen molar-refractivity contribution in [1.82, 2.24) is 0 Å². The number of rotatable bonds is 2. The van der Waals surface area contributed by atoms with Gasteiger partial charge in [0.2, 0.25) is 0 Å². The van der Waals surface area contributed by atoms with E-state index < -0.39 is 0 Å². The third kappa shape index (κ3) is 2.56. The van der Waals surface area contributed by atoms with Gasteiger partial charge in [-0.2, -0.15) is 0 Å². The van der Waals surface area contributed by atoms with Gasteiger partial charge in [0.25, 0.3) is 0 Å². The van der Waals surface area contributed by atoms with Crippen LogP contribution in [0.25, 0.3) is 0 Å². The van der Waals surface area contributed by atoms with Crippen LogP contribution in [0.1, 0.15) is 11.1 Å². The predicted octanol–water partition coefficient (Wildman–Crippen LogP) is 3.77. The molecular weight excluding hydrogens is 215 g/mol. The van der Waals surface area contributed by atoms with Gasteiger partial charge in [0.05, 0.1) is 11.4 Å². The fourth-order valence-corrected chi connectivity index (χ4v) is 1.75. The summed E-state index contributed by atoms with van der Waals surface area (Å²) in [6, 6.07) is 10.4. The van der Waals surface area contributed by atoms with E-state index in [0.29, 0.717) is 5.69 Å². The van der Waals surface area contributed by atoms with E-state index in [1.807, 2.05) is 26.0 Å². The molecule has 0 unspecified atom stereocenters. The van der Waals surface area contributed by atoms with Gasteiger partial charge in [-0.15, -0.1) is 0 Å². The Kier molecular flexibility index (Phi) is 3.00. The summed E-state index contributed by atoms with van der Waals surface area (Å²) >= 11 is 0. The zero-order valence-corrected chi connectivity index (χ0v) is 9.92. The molecule has 2 nitrogen and oxygen atoms in total. The van der Waals surface area contributed by atoms with Crippen molar-refractivity contribution in [2.75, 3.05) is 11.1 Å². The van der Waals surface area contributed by atoms with E-state index >= 15 is 0 Å². The molecule has 0 bridgehead atoms. The van der Waals surface area contributed by atoms with E-state index in [4.69, 9.17) is 5.73 Å². The van der Waals surface area contributed by atoms with Crippen molar-refractivity contribution in [3.8, 4) is 0 Å². The average molecular weight is 230 g/mol. The molecule has 2 aromatic carbocycles. The van der Waals surface area contributed by atoms with E-state index in [-0.39, 0.29) is 5.82 Å². The molecule has 3 heteroatoms. The van der Waals surface area contributed by atoms with Crippen molar-refractivity contribution in [3.63, 3.8) is 0 Å². The van der Waals surface area contributed by atoms with Gasteiger partial charge in [0.15, 0.2) is 0 Å². The van der Waals surface area contributed by atoms with Crippen molar-refractivity contribution in [3.05, 3.63) is 53.3 Å². The average Bonchev–Trinajstić information content (AvgIpc) is 2.25. The van der Waals surface area contributed by atoms with Crippen LogP contribution in [0, 0.1) is 19.7 Å². The van der Waals surface area contributed by atoms with Gasteiger partial charge in [0, 0.05) is 5.69 Å². The van der Waals surface area contributed by atoms with Crippen LogP contribution in [-0.2, 0) is 0 Å². The van der Waals surface area contributed by atoms with Crippen molar-refractivity contribution in [1.29, 1.82) is 0 Å². The molecule has 0 aliphatic rings. The fourth-order valence-electron chi connectivity index (χ4n) is 1.75. The minimum Gasteiger partial charge on any atom is -0.397 e.